The third-order valence-corrected chi connectivity index (χ3v) is 7.91. The summed E-state index contributed by atoms with van der Waals surface area (Å²) in [5.41, 5.74) is 0.915. The second kappa shape index (κ2) is 10.4. The molecule has 5 rings (SSSR count). The Balaban J connectivity index is 1.55. The zero-order valence-corrected chi connectivity index (χ0v) is 24.5. The molecule has 3 aromatic rings. The van der Waals surface area contributed by atoms with Crippen molar-refractivity contribution >= 4 is 52.5 Å². The molecule has 2 atom stereocenters. The van der Waals surface area contributed by atoms with Crippen molar-refractivity contribution in [2.24, 2.45) is 0 Å². The lowest BCUT2D eigenvalue weighted by Crippen LogP contribution is -2.53. The topological polar surface area (TPSA) is 94.0 Å². The number of rotatable bonds is 4. The van der Waals surface area contributed by atoms with Crippen molar-refractivity contribution in [1.82, 2.24) is 4.90 Å². The van der Waals surface area contributed by atoms with E-state index < -0.39 is 35.0 Å². The summed E-state index contributed by atoms with van der Waals surface area (Å²) in [6, 6.07) is 20.3. The second-order valence-electron chi connectivity index (χ2n) is 11.2. The first-order chi connectivity index (χ1) is 19.3. The molecule has 210 valence electrons. The first kappa shape index (κ1) is 28.5. The molecule has 0 N–H and O–H groups in total. The molecule has 2 heterocycles. The molecule has 10 heteroatoms. The normalized spacial score (nSPS) is 20.6. The van der Waals surface area contributed by atoms with E-state index in [9.17, 15) is 19.6 Å². The van der Waals surface area contributed by atoms with Gasteiger partial charge in [0.05, 0.1) is 29.4 Å². The molecule has 2 aliphatic heterocycles. The first-order valence-corrected chi connectivity index (χ1v) is 13.8. The van der Waals surface area contributed by atoms with Gasteiger partial charge in [0.2, 0.25) is 0 Å². The predicted octanol–water partition coefficient (Wildman–Crippen LogP) is 6.26. The zero-order valence-electron chi connectivity index (χ0n) is 23.0. The molecule has 1 spiro atoms. The molecular weight excluding hydrogens is 563 g/mol. The second-order valence-corrected chi connectivity index (χ2v) is 12.1. The molecule has 8 nitrogen and oxygen atoms in total. The van der Waals surface area contributed by atoms with Crippen LogP contribution in [0.5, 0.6) is 0 Å². The van der Waals surface area contributed by atoms with Crippen molar-refractivity contribution in [2.75, 3.05) is 29.9 Å². The molecule has 2 saturated heterocycles. The van der Waals surface area contributed by atoms with Gasteiger partial charge in [0.1, 0.15) is 11.1 Å². The Morgan fingerprint density at radius 2 is 1.59 bits per heavy atom. The molecule has 2 unspecified atom stereocenters. The summed E-state index contributed by atoms with van der Waals surface area (Å²) in [4.78, 5) is 45.3. The fourth-order valence-corrected chi connectivity index (χ4v) is 6.06. The highest BCUT2D eigenvalue weighted by molar-refractivity contribution is 6.36. The van der Waals surface area contributed by atoms with Crippen molar-refractivity contribution < 1.29 is 19.1 Å². The van der Waals surface area contributed by atoms with E-state index in [1.165, 1.54) is 23.1 Å². The number of esters is 1. The van der Waals surface area contributed by atoms with Crippen LogP contribution in [0, 0.1) is 11.3 Å². The molecular formula is C31H28Cl2N4O4. The van der Waals surface area contributed by atoms with Gasteiger partial charge in [0.15, 0.2) is 0 Å². The summed E-state index contributed by atoms with van der Waals surface area (Å²) in [7, 11) is 1.62. The minimum absolute atomic E-state index is 0.204. The monoisotopic (exact) mass is 590 g/mol. The summed E-state index contributed by atoms with van der Waals surface area (Å²) in [6.07, 6.45) is 0. The quantitative estimate of drug-likeness (QED) is 0.263. The van der Waals surface area contributed by atoms with Crippen LogP contribution in [0.25, 0.3) is 0 Å². The van der Waals surface area contributed by atoms with Gasteiger partial charge in [-0.25, -0.2) is 14.5 Å². The number of hydrogen-bond acceptors (Lipinski definition) is 6. The maximum Gasteiger partial charge on any atom is 0.338 e. The lowest BCUT2D eigenvalue weighted by molar-refractivity contribution is -0.124. The predicted molar refractivity (Wildman–Crippen MR) is 158 cm³/mol. The first-order valence-electron chi connectivity index (χ1n) is 13.0. The zero-order chi connectivity index (χ0) is 29.7. The van der Waals surface area contributed by atoms with Crippen LogP contribution in [0.1, 0.15) is 48.2 Å². The number of benzene rings is 3. The number of carbonyl (C=O) groups excluding carboxylic acids is 3. The third-order valence-electron chi connectivity index (χ3n) is 7.48. The Hall–Kier alpha value is -4.06. The molecule has 3 amide bonds. The van der Waals surface area contributed by atoms with Crippen molar-refractivity contribution in [3.63, 3.8) is 0 Å². The van der Waals surface area contributed by atoms with Crippen molar-refractivity contribution in [2.45, 2.75) is 37.8 Å². The van der Waals surface area contributed by atoms with E-state index >= 15 is 0 Å². The Morgan fingerprint density at radius 1 is 0.976 bits per heavy atom. The molecule has 0 aliphatic carbocycles. The van der Waals surface area contributed by atoms with E-state index in [0.29, 0.717) is 33.4 Å². The number of anilines is 2. The van der Waals surface area contributed by atoms with Gasteiger partial charge in [0.25, 0.3) is 5.91 Å². The number of urea groups is 1. The molecule has 41 heavy (non-hydrogen) atoms. The van der Waals surface area contributed by atoms with E-state index in [1.54, 1.807) is 31.3 Å². The largest absolute Gasteiger partial charge is 0.456 e. The van der Waals surface area contributed by atoms with Crippen molar-refractivity contribution in [3.8, 4) is 6.07 Å². The number of amides is 3. The highest BCUT2D eigenvalue weighted by Gasteiger charge is 2.64. The van der Waals surface area contributed by atoms with Gasteiger partial charge in [-0.05, 0) is 80.9 Å². The van der Waals surface area contributed by atoms with Gasteiger partial charge in [-0.3, -0.25) is 4.79 Å². The van der Waals surface area contributed by atoms with E-state index in [1.807, 2.05) is 49.9 Å². The highest BCUT2D eigenvalue weighted by atomic mass is 35.5. The standard InChI is InChI=1S/C31H28Cl2N4O4/c1-30(2,3)41-27(38)21-9-11-24(12-10-21)36-17-26(20-7-5-19(16-34)6-8-20)31(18-36)28(39)37(29(40)35(31)4)25-14-22(32)13-23(33)15-25/h5-15,26H,17-18H2,1-4H3. The van der Waals surface area contributed by atoms with Crippen LogP contribution < -0.4 is 9.80 Å². The summed E-state index contributed by atoms with van der Waals surface area (Å²) in [5.74, 6) is -1.25. The SMILES string of the molecule is CN1C(=O)N(c2cc(Cl)cc(Cl)c2)C(=O)C12CN(c1ccc(C(=O)OC(C)(C)C)cc1)CC2c1ccc(C#N)cc1. The number of nitrogens with zero attached hydrogens (tertiary/aromatic N) is 4. The smallest absolute Gasteiger partial charge is 0.338 e. The number of carbonyl (C=O) groups is 3. The Morgan fingerprint density at radius 3 is 2.15 bits per heavy atom. The lowest BCUT2D eigenvalue weighted by atomic mass is 9.80. The minimum atomic E-state index is -1.26. The molecule has 0 bridgehead atoms. The van der Waals surface area contributed by atoms with Gasteiger partial charge in [-0.1, -0.05) is 35.3 Å². The van der Waals surface area contributed by atoms with Crippen LogP contribution in [-0.2, 0) is 9.53 Å². The van der Waals surface area contributed by atoms with E-state index in [2.05, 4.69) is 6.07 Å². The number of imide groups is 1. The molecule has 2 fully saturated rings. The van der Waals surface area contributed by atoms with Crippen molar-refractivity contribution in [3.05, 3.63) is 93.5 Å². The Kier molecular flexibility index (Phi) is 7.22. The lowest BCUT2D eigenvalue weighted by Gasteiger charge is -2.33. The Labute approximate surface area is 248 Å². The number of halogens is 2. The van der Waals surface area contributed by atoms with Crippen LogP contribution in [0.3, 0.4) is 0 Å². The fourth-order valence-electron chi connectivity index (χ4n) is 5.55. The van der Waals surface area contributed by atoms with E-state index in [4.69, 9.17) is 27.9 Å². The van der Waals surface area contributed by atoms with E-state index in [-0.39, 0.29) is 6.54 Å². The van der Waals surface area contributed by atoms with Gasteiger partial charge in [-0.15, -0.1) is 0 Å². The number of nitriles is 1. The van der Waals surface area contributed by atoms with Gasteiger partial charge < -0.3 is 14.5 Å². The number of ether oxygens (including phenoxy) is 1. The average molecular weight is 591 g/mol. The maximum atomic E-state index is 14.4. The molecule has 3 aromatic carbocycles. The van der Waals surface area contributed by atoms with Gasteiger partial charge in [-0.2, -0.15) is 5.26 Å². The van der Waals surface area contributed by atoms with Crippen LogP contribution in [-0.4, -0.2) is 54.1 Å². The summed E-state index contributed by atoms with van der Waals surface area (Å²) < 4.78 is 5.48. The van der Waals surface area contributed by atoms with Crippen molar-refractivity contribution in [1.29, 1.82) is 5.26 Å². The third kappa shape index (κ3) is 5.12. The molecule has 2 aliphatic rings. The maximum absolute atomic E-state index is 14.4. The minimum Gasteiger partial charge on any atom is -0.456 e. The molecule has 0 aromatic heterocycles. The van der Waals surface area contributed by atoms with Gasteiger partial charge in [0, 0.05) is 35.2 Å². The highest BCUT2D eigenvalue weighted by Crippen LogP contribution is 2.47. The van der Waals surface area contributed by atoms with Crippen LogP contribution >= 0.6 is 23.2 Å². The summed E-state index contributed by atoms with van der Waals surface area (Å²) >= 11 is 12.4. The van der Waals surface area contributed by atoms with Crippen LogP contribution in [0.4, 0.5) is 16.2 Å². The van der Waals surface area contributed by atoms with Gasteiger partial charge >= 0.3 is 12.0 Å². The molecule has 0 saturated carbocycles. The summed E-state index contributed by atoms with van der Waals surface area (Å²) in [5, 5.41) is 9.92. The number of hydrogen-bond donors (Lipinski definition) is 0. The molecule has 0 radical (unpaired) electrons. The fraction of sp³-hybridized carbons (Fsp3) is 0.290. The average Bonchev–Trinajstić information content (AvgIpc) is 3.40. The van der Waals surface area contributed by atoms with E-state index in [0.717, 1.165) is 16.2 Å². The summed E-state index contributed by atoms with van der Waals surface area (Å²) in [6.45, 7) is 6.04. The Bertz CT molecular complexity index is 1560. The van der Waals surface area contributed by atoms with Crippen LogP contribution in [0.15, 0.2) is 66.7 Å². The number of likely N-dealkylation sites (N-methyl/N-ethyl adjacent to an activating group) is 1. The van der Waals surface area contributed by atoms with Crippen LogP contribution in [0.2, 0.25) is 10.0 Å².